The molecule has 2 aliphatic heterocycles. The molecule has 1 saturated heterocycles. The molecule has 0 atom stereocenters. The maximum atomic E-state index is 11.3. The molecule has 1 aromatic rings. The molecule has 0 saturated carbocycles. The molecule has 0 aliphatic carbocycles. The number of ketones is 1. The third kappa shape index (κ3) is 2.14. The van der Waals surface area contributed by atoms with Crippen molar-refractivity contribution in [3.05, 3.63) is 18.2 Å². The van der Waals surface area contributed by atoms with Crippen molar-refractivity contribution in [2.75, 3.05) is 30.3 Å². The molecule has 1 aromatic carbocycles. The van der Waals surface area contributed by atoms with E-state index < -0.39 is 0 Å². The topological polar surface area (TPSA) is 29.5 Å². The normalized spacial score (nSPS) is 19.8. The zero-order valence-electron chi connectivity index (χ0n) is 9.65. The fourth-order valence-corrected chi connectivity index (χ4v) is 3.29. The van der Waals surface area contributed by atoms with E-state index >= 15 is 0 Å². The number of fused-ring (bicyclic) bond motifs is 1. The summed E-state index contributed by atoms with van der Waals surface area (Å²) in [6.07, 6.45) is 1.35. The standard InChI is InChI=1S/C13H15NO2S/c15-10-4-6-14(7-5-10)11-2-1-3-12-13(11)17-9-8-16-12/h1-3H,4-9H2. The Hall–Kier alpha value is -1.16. The molecule has 0 spiro atoms. The van der Waals surface area contributed by atoms with E-state index in [1.165, 1.54) is 10.6 Å². The molecule has 3 nitrogen and oxygen atoms in total. The van der Waals surface area contributed by atoms with Gasteiger partial charge >= 0.3 is 0 Å². The molecule has 90 valence electrons. The van der Waals surface area contributed by atoms with E-state index in [0.717, 1.165) is 31.2 Å². The summed E-state index contributed by atoms with van der Waals surface area (Å²) >= 11 is 1.86. The summed E-state index contributed by atoms with van der Waals surface area (Å²) in [7, 11) is 0. The van der Waals surface area contributed by atoms with Gasteiger partial charge in [0, 0.05) is 31.7 Å². The highest BCUT2D eigenvalue weighted by atomic mass is 32.2. The monoisotopic (exact) mass is 249 g/mol. The van der Waals surface area contributed by atoms with Gasteiger partial charge in [0.1, 0.15) is 11.5 Å². The van der Waals surface area contributed by atoms with Crippen LogP contribution in [0.15, 0.2) is 23.1 Å². The van der Waals surface area contributed by atoms with Gasteiger partial charge in [-0.25, -0.2) is 0 Å². The number of hydrogen-bond acceptors (Lipinski definition) is 4. The van der Waals surface area contributed by atoms with Crippen molar-refractivity contribution < 1.29 is 9.53 Å². The Bertz CT molecular complexity index is 437. The van der Waals surface area contributed by atoms with E-state index in [1.54, 1.807) is 0 Å². The van der Waals surface area contributed by atoms with E-state index in [4.69, 9.17) is 4.74 Å². The molecule has 17 heavy (non-hydrogen) atoms. The first-order valence-electron chi connectivity index (χ1n) is 6.00. The number of benzene rings is 1. The minimum absolute atomic E-state index is 0.384. The van der Waals surface area contributed by atoms with Gasteiger partial charge < -0.3 is 9.64 Å². The summed E-state index contributed by atoms with van der Waals surface area (Å²) in [6, 6.07) is 6.20. The fourth-order valence-electron chi connectivity index (χ4n) is 2.30. The number of ether oxygens (including phenoxy) is 1. The number of carbonyl (C=O) groups is 1. The van der Waals surface area contributed by atoms with Gasteiger partial charge in [-0.15, -0.1) is 11.8 Å². The summed E-state index contributed by atoms with van der Waals surface area (Å²) < 4.78 is 5.66. The van der Waals surface area contributed by atoms with E-state index in [9.17, 15) is 4.79 Å². The minimum atomic E-state index is 0.384. The van der Waals surface area contributed by atoms with Crippen LogP contribution in [0.4, 0.5) is 5.69 Å². The SMILES string of the molecule is O=C1CCN(c2cccc3c2SCCO3)CC1. The Labute approximate surface area is 105 Å². The van der Waals surface area contributed by atoms with E-state index in [0.29, 0.717) is 18.6 Å². The van der Waals surface area contributed by atoms with Crippen molar-refractivity contribution in [3.8, 4) is 5.75 Å². The van der Waals surface area contributed by atoms with Gasteiger partial charge in [0.2, 0.25) is 0 Å². The summed E-state index contributed by atoms with van der Waals surface area (Å²) in [5.74, 6) is 2.39. The maximum absolute atomic E-state index is 11.3. The lowest BCUT2D eigenvalue weighted by molar-refractivity contribution is -0.119. The first-order valence-corrected chi connectivity index (χ1v) is 6.98. The van der Waals surface area contributed by atoms with Crippen LogP contribution in [0, 0.1) is 0 Å². The van der Waals surface area contributed by atoms with Crippen LogP contribution in [0.2, 0.25) is 0 Å². The Morgan fingerprint density at radius 2 is 2.06 bits per heavy atom. The van der Waals surface area contributed by atoms with Crippen LogP contribution in [0.25, 0.3) is 0 Å². The molecule has 2 aliphatic rings. The van der Waals surface area contributed by atoms with Crippen molar-refractivity contribution in [2.24, 2.45) is 0 Å². The zero-order chi connectivity index (χ0) is 11.7. The van der Waals surface area contributed by atoms with Gasteiger partial charge in [0.05, 0.1) is 17.2 Å². The van der Waals surface area contributed by atoms with Gasteiger partial charge in [-0.05, 0) is 12.1 Å². The quantitative estimate of drug-likeness (QED) is 0.764. The molecule has 2 heterocycles. The van der Waals surface area contributed by atoms with Crippen LogP contribution < -0.4 is 9.64 Å². The molecule has 1 fully saturated rings. The van der Waals surface area contributed by atoms with Crippen LogP contribution in [0.3, 0.4) is 0 Å². The van der Waals surface area contributed by atoms with Crippen LogP contribution in [-0.4, -0.2) is 31.2 Å². The summed E-state index contributed by atoms with van der Waals surface area (Å²) in [4.78, 5) is 14.8. The highest BCUT2D eigenvalue weighted by molar-refractivity contribution is 7.99. The van der Waals surface area contributed by atoms with Crippen molar-refractivity contribution in [1.29, 1.82) is 0 Å². The van der Waals surface area contributed by atoms with Crippen molar-refractivity contribution >= 4 is 23.2 Å². The second-order valence-electron chi connectivity index (χ2n) is 4.33. The van der Waals surface area contributed by atoms with Gasteiger partial charge in [-0.2, -0.15) is 0 Å². The van der Waals surface area contributed by atoms with Crippen LogP contribution in [-0.2, 0) is 4.79 Å². The lowest BCUT2D eigenvalue weighted by Gasteiger charge is -2.31. The molecular formula is C13H15NO2S. The third-order valence-electron chi connectivity index (χ3n) is 3.21. The molecule has 0 aromatic heterocycles. The molecule has 0 amide bonds. The summed E-state index contributed by atoms with van der Waals surface area (Å²) in [5, 5.41) is 0. The Balaban J connectivity index is 1.89. The smallest absolute Gasteiger partial charge is 0.136 e. The van der Waals surface area contributed by atoms with Crippen LogP contribution in [0.1, 0.15) is 12.8 Å². The molecular weight excluding hydrogens is 234 g/mol. The minimum Gasteiger partial charge on any atom is -0.491 e. The number of hydrogen-bond donors (Lipinski definition) is 0. The number of rotatable bonds is 1. The number of Topliss-reactive ketones (excluding diaryl/α,β-unsaturated/α-hetero) is 1. The lowest BCUT2D eigenvalue weighted by atomic mass is 10.1. The number of thioether (sulfide) groups is 1. The average molecular weight is 249 g/mol. The number of carbonyl (C=O) groups excluding carboxylic acids is 1. The molecule has 4 heteroatoms. The van der Waals surface area contributed by atoms with E-state index in [-0.39, 0.29) is 0 Å². The van der Waals surface area contributed by atoms with E-state index in [1.807, 2.05) is 23.9 Å². The number of anilines is 1. The first-order chi connectivity index (χ1) is 8.34. The van der Waals surface area contributed by atoms with Crippen molar-refractivity contribution in [1.82, 2.24) is 0 Å². The van der Waals surface area contributed by atoms with Crippen LogP contribution in [0.5, 0.6) is 5.75 Å². The second-order valence-corrected chi connectivity index (χ2v) is 5.43. The van der Waals surface area contributed by atoms with Crippen molar-refractivity contribution in [3.63, 3.8) is 0 Å². The first kappa shape index (κ1) is 11.0. The molecule has 0 unspecified atom stereocenters. The number of piperidine rings is 1. The largest absolute Gasteiger partial charge is 0.491 e. The molecule has 3 rings (SSSR count). The molecule has 0 radical (unpaired) electrons. The second kappa shape index (κ2) is 4.61. The Kier molecular flexibility index (Phi) is 2.97. The Morgan fingerprint density at radius 3 is 2.88 bits per heavy atom. The zero-order valence-corrected chi connectivity index (χ0v) is 10.5. The number of nitrogens with zero attached hydrogens (tertiary/aromatic N) is 1. The van der Waals surface area contributed by atoms with Gasteiger partial charge in [0.25, 0.3) is 0 Å². The van der Waals surface area contributed by atoms with E-state index in [2.05, 4.69) is 11.0 Å². The Morgan fingerprint density at radius 1 is 1.24 bits per heavy atom. The van der Waals surface area contributed by atoms with Gasteiger partial charge in [-0.3, -0.25) is 4.79 Å². The highest BCUT2D eigenvalue weighted by Crippen LogP contribution is 2.41. The van der Waals surface area contributed by atoms with Crippen molar-refractivity contribution in [2.45, 2.75) is 17.7 Å². The summed E-state index contributed by atoms with van der Waals surface area (Å²) in [5.41, 5.74) is 1.24. The fraction of sp³-hybridized carbons (Fsp3) is 0.462. The molecule has 0 N–H and O–H groups in total. The predicted octanol–water partition coefficient (Wildman–Crippen LogP) is 2.34. The van der Waals surface area contributed by atoms with Crippen LogP contribution >= 0.6 is 11.8 Å². The molecule has 0 bridgehead atoms. The summed E-state index contributed by atoms with van der Waals surface area (Å²) in [6.45, 7) is 2.48. The third-order valence-corrected chi connectivity index (χ3v) is 4.28. The highest BCUT2D eigenvalue weighted by Gasteiger charge is 2.22. The van der Waals surface area contributed by atoms with Gasteiger partial charge in [0.15, 0.2) is 0 Å². The maximum Gasteiger partial charge on any atom is 0.136 e. The average Bonchev–Trinajstić information content (AvgIpc) is 2.39. The lowest BCUT2D eigenvalue weighted by Crippen LogP contribution is -2.34. The predicted molar refractivity (Wildman–Crippen MR) is 69.1 cm³/mol. The van der Waals surface area contributed by atoms with Gasteiger partial charge in [-0.1, -0.05) is 6.07 Å².